The fourth-order valence-electron chi connectivity index (χ4n) is 2.54. The molecule has 2 rings (SSSR count). The van der Waals surface area contributed by atoms with Gasteiger partial charge in [-0.05, 0) is 32.6 Å². The fourth-order valence-corrected chi connectivity index (χ4v) is 2.54. The van der Waals surface area contributed by atoms with E-state index in [4.69, 9.17) is 0 Å². The summed E-state index contributed by atoms with van der Waals surface area (Å²) < 4.78 is 0. The van der Waals surface area contributed by atoms with Gasteiger partial charge < -0.3 is 14.9 Å². The molecule has 1 atom stereocenters. The molecule has 1 amide bonds. The summed E-state index contributed by atoms with van der Waals surface area (Å²) in [5, 5.41) is 10.0. The van der Waals surface area contributed by atoms with Crippen LogP contribution in [-0.4, -0.2) is 41.5 Å². The zero-order valence-corrected chi connectivity index (χ0v) is 13.9. The lowest BCUT2D eigenvalue weighted by Gasteiger charge is -2.31. The van der Waals surface area contributed by atoms with E-state index in [1.807, 2.05) is 73.3 Å². The number of benzene rings is 2. The van der Waals surface area contributed by atoms with Crippen molar-refractivity contribution in [1.29, 1.82) is 0 Å². The van der Waals surface area contributed by atoms with Crippen LogP contribution in [0.5, 0.6) is 5.75 Å². The highest BCUT2D eigenvalue weighted by Gasteiger charge is 2.22. The van der Waals surface area contributed by atoms with Gasteiger partial charge >= 0.3 is 0 Å². The van der Waals surface area contributed by atoms with Gasteiger partial charge in [-0.15, -0.1) is 0 Å². The third-order valence-electron chi connectivity index (χ3n) is 3.85. The standard InChI is InChI=1S/C19H24N2O2/c1-15(16-9-5-4-6-10-16)21(19(23)14-20(2)3)13-17-11-7-8-12-18(17)22/h4-12,15,22H,13-14H2,1-3H3/t15-/m0/s1. The molecule has 1 N–H and O–H groups in total. The molecule has 0 aliphatic carbocycles. The van der Waals surface area contributed by atoms with Crippen LogP contribution in [-0.2, 0) is 11.3 Å². The Hall–Kier alpha value is -2.33. The van der Waals surface area contributed by atoms with Crippen LogP contribution in [0.2, 0.25) is 0 Å². The highest BCUT2D eigenvalue weighted by atomic mass is 16.3. The van der Waals surface area contributed by atoms with Crippen molar-refractivity contribution >= 4 is 5.91 Å². The van der Waals surface area contributed by atoms with Crippen LogP contribution in [0.15, 0.2) is 54.6 Å². The molecule has 2 aromatic carbocycles. The predicted octanol–water partition coefficient (Wildman–Crippen LogP) is 3.04. The Morgan fingerprint density at radius 3 is 2.26 bits per heavy atom. The minimum Gasteiger partial charge on any atom is -0.508 e. The molecule has 122 valence electrons. The Bertz CT molecular complexity index is 641. The van der Waals surface area contributed by atoms with E-state index in [0.29, 0.717) is 13.1 Å². The molecule has 0 saturated heterocycles. The highest BCUT2D eigenvalue weighted by Crippen LogP contribution is 2.25. The van der Waals surface area contributed by atoms with Crippen LogP contribution in [0.25, 0.3) is 0 Å². The van der Waals surface area contributed by atoms with E-state index in [0.717, 1.165) is 11.1 Å². The van der Waals surface area contributed by atoms with Crippen molar-refractivity contribution in [3.8, 4) is 5.75 Å². The van der Waals surface area contributed by atoms with Gasteiger partial charge in [0.1, 0.15) is 5.75 Å². The second-order valence-corrected chi connectivity index (χ2v) is 5.97. The number of carbonyl (C=O) groups excluding carboxylic acids is 1. The van der Waals surface area contributed by atoms with Crippen molar-refractivity contribution < 1.29 is 9.90 Å². The molecular weight excluding hydrogens is 288 g/mol. The third-order valence-corrected chi connectivity index (χ3v) is 3.85. The largest absolute Gasteiger partial charge is 0.508 e. The predicted molar refractivity (Wildman–Crippen MR) is 92.1 cm³/mol. The highest BCUT2D eigenvalue weighted by molar-refractivity contribution is 5.78. The van der Waals surface area contributed by atoms with Crippen LogP contribution in [0.1, 0.15) is 24.1 Å². The van der Waals surface area contributed by atoms with Gasteiger partial charge in [-0.1, -0.05) is 48.5 Å². The molecule has 0 radical (unpaired) electrons. The number of rotatable bonds is 6. The van der Waals surface area contributed by atoms with Crippen LogP contribution >= 0.6 is 0 Å². The number of hydrogen-bond donors (Lipinski definition) is 1. The Kier molecular flexibility index (Phi) is 5.77. The summed E-state index contributed by atoms with van der Waals surface area (Å²) in [6.07, 6.45) is 0. The van der Waals surface area contributed by atoms with Gasteiger partial charge in [0.15, 0.2) is 0 Å². The first kappa shape index (κ1) is 17.0. The Morgan fingerprint density at radius 2 is 1.65 bits per heavy atom. The number of likely N-dealkylation sites (N-methyl/N-ethyl adjacent to an activating group) is 1. The second-order valence-electron chi connectivity index (χ2n) is 5.97. The summed E-state index contributed by atoms with van der Waals surface area (Å²) in [6, 6.07) is 17.0. The molecule has 0 bridgehead atoms. The van der Waals surface area contributed by atoms with Gasteiger partial charge in [-0.3, -0.25) is 4.79 Å². The second kappa shape index (κ2) is 7.79. The van der Waals surface area contributed by atoms with Gasteiger partial charge in [-0.2, -0.15) is 0 Å². The fraction of sp³-hybridized carbons (Fsp3) is 0.316. The van der Waals surface area contributed by atoms with Gasteiger partial charge in [0.25, 0.3) is 0 Å². The van der Waals surface area contributed by atoms with Crippen molar-refractivity contribution in [2.24, 2.45) is 0 Å². The third kappa shape index (κ3) is 4.57. The van der Waals surface area contributed by atoms with E-state index in [1.165, 1.54) is 0 Å². The first-order valence-electron chi connectivity index (χ1n) is 7.75. The molecule has 23 heavy (non-hydrogen) atoms. The van der Waals surface area contributed by atoms with Crippen molar-refractivity contribution in [3.63, 3.8) is 0 Å². The minimum absolute atomic E-state index is 0.0367. The number of nitrogens with zero attached hydrogens (tertiary/aromatic N) is 2. The van der Waals surface area contributed by atoms with Gasteiger partial charge in [0, 0.05) is 12.1 Å². The molecule has 0 aliphatic rings. The maximum Gasteiger partial charge on any atom is 0.237 e. The summed E-state index contributed by atoms with van der Waals surface area (Å²) in [7, 11) is 3.76. The van der Waals surface area contributed by atoms with E-state index in [2.05, 4.69) is 0 Å². The number of para-hydroxylation sites is 1. The minimum atomic E-state index is -0.0664. The van der Waals surface area contributed by atoms with E-state index >= 15 is 0 Å². The van der Waals surface area contributed by atoms with Crippen molar-refractivity contribution in [2.45, 2.75) is 19.5 Å². The van der Waals surface area contributed by atoms with Crippen molar-refractivity contribution in [1.82, 2.24) is 9.80 Å². The molecule has 2 aromatic rings. The Balaban J connectivity index is 2.28. The van der Waals surface area contributed by atoms with Crippen molar-refractivity contribution in [2.75, 3.05) is 20.6 Å². The maximum absolute atomic E-state index is 12.7. The summed E-state index contributed by atoms with van der Waals surface area (Å²) in [4.78, 5) is 16.4. The smallest absolute Gasteiger partial charge is 0.237 e. The number of amides is 1. The van der Waals surface area contributed by atoms with E-state index in [1.54, 1.807) is 12.1 Å². The SMILES string of the molecule is C[C@@H](c1ccccc1)N(Cc1ccccc1O)C(=O)CN(C)C. The summed E-state index contributed by atoms with van der Waals surface area (Å²) in [5.41, 5.74) is 1.83. The molecule has 0 aliphatic heterocycles. The van der Waals surface area contributed by atoms with Gasteiger partial charge in [-0.25, -0.2) is 0 Å². The average Bonchev–Trinajstić information content (AvgIpc) is 2.53. The van der Waals surface area contributed by atoms with Gasteiger partial charge in [0.2, 0.25) is 5.91 Å². The lowest BCUT2D eigenvalue weighted by molar-refractivity contribution is -0.134. The number of carbonyl (C=O) groups is 1. The van der Waals surface area contributed by atoms with Crippen molar-refractivity contribution in [3.05, 3.63) is 65.7 Å². The monoisotopic (exact) mass is 312 g/mol. The maximum atomic E-state index is 12.7. The first-order valence-corrected chi connectivity index (χ1v) is 7.75. The zero-order valence-electron chi connectivity index (χ0n) is 13.9. The number of phenolic OH excluding ortho intramolecular Hbond substituents is 1. The lowest BCUT2D eigenvalue weighted by atomic mass is 10.1. The molecule has 4 heteroatoms. The number of phenols is 1. The number of aromatic hydroxyl groups is 1. The molecule has 4 nitrogen and oxygen atoms in total. The van der Waals surface area contributed by atoms with Crippen LogP contribution < -0.4 is 0 Å². The zero-order chi connectivity index (χ0) is 16.8. The van der Waals surface area contributed by atoms with Crippen LogP contribution in [0.3, 0.4) is 0 Å². The summed E-state index contributed by atoms with van der Waals surface area (Å²) >= 11 is 0. The summed E-state index contributed by atoms with van der Waals surface area (Å²) in [6.45, 7) is 2.74. The normalized spacial score (nSPS) is 12.2. The van der Waals surface area contributed by atoms with Crippen LogP contribution in [0, 0.1) is 0 Å². The van der Waals surface area contributed by atoms with Gasteiger partial charge in [0.05, 0.1) is 12.6 Å². The Morgan fingerprint density at radius 1 is 1.04 bits per heavy atom. The van der Waals surface area contributed by atoms with Crippen LogP contribution in [0.4, 0.5) is 0 Å². The number of hydrogen-bond acceptors (Lipinski definition) is 3. The molecule has 0 spiro atoms. The van der Waals surface area contributed by atoms with E-state index < -0.39 is 0 Å². The summed E-state index contributed by atoms with van der Waals surface area (Å²) in [5.74, 6) is 0.255. The van der Waals surface area contributed by atoms with E-state index in [-0.39, 0.29) is 17.7 Å². The quantitative estimate of drug-likeness (QED) is 0.891. The first-order chi connectivity index (χ1) is 11.0. The molecule has 0 heterocycles. The average molecular weight is 312 g/mol. The molecule has 0 unspecified atom stereocenters. The molecule has 0 aromatic heterocycles. The van der Waals surface area contributed by atoms with E-state index in [9.17, 15) is 9.90 Å². The molecule has 0 saturated carbocycles. The lowest BCUT2D eigenvalue weighted by Crippen LogP contribution is -2.39. The molecular formula is C19H24N2O2. The molecule has 0 fully saturated rings. The topological polar surface area (TPSA) is 43.8 Å². The Labute approximate surface area is 138 Å².